The molecule has 0 unspecified atom stereocenters. The molecule has 0 saturated carbocycles. The van der Waals surface area contributed by atoms with Crippen LogP contribution in [-0.2, 0) is 19.8 Å². The maximum absolute atomic E-state index is 12.5. The van der Waals surface area contributed by atoms with Crippen molar-refractivity contribution in [1.29, 1.82) is 0 Å². The molecule has 0 atom stereocenters. The molecule has 2 heterocycles. The SMILES string of the molecule is Cc1nn(C)cc1CNc1cccc(C(F)(F)F)n1. The summed E-state index contributed by atoms with van der Waals surface area (Å²) in [4.78, 5) is 3.53. The lowest BCUT2D eigenvalue weighted by molar-refractivity contribution is -0.141. The number of aromatic nitrogens is 3. The molecular weight excluding hydrogens is 257 g/mol. The quantitative estimate of drug-likeness (QED) is 0.932. The van der Waals surface area contributed by atoms with Gasteiger partial charge in [-0.25, -0.2) is 4.98 Å². The third-order valence-electron chi connectivity index (χ3n) is 2.61. The minimum atomic E-state index is -4.43. The molecule has 2 aromatic rings. The van der Waals surface area contributed by atoms with Crippen LogP contribution in [0, 0.1) is 6.92 Å². The van der Waals surface area contributed by atoms with Crippen LogP contribution in [0.25, 0.3) is 0 Å². The molecule has 2 aromatic heterocycles. The highest BCUT2D eigenvalue weighted by atomic mass is 19.4. The smallest absolute Gasteiger partial charge is 0.366 e. The lowest BCUT2D eigenvalue weighted by Crippen LogP contribution is -2.10. The molecule has 1 N–H and O–H groups in total. The van der Waals surface area contributed by atoms with E-state index in [2.05, 4.69) is 15.4 Å². The van der Waals surface area contributed by atoms with Gasteiger partial charge in [-0.1, -0.05) is 6.07 Å². The van der Waals surface area contributed by atoms with Crippen LogP contribution in [-0.4, -0.2) is 14.8 Å². The van der Waals surface area contributed by atoms with Gasteiger partial charge in [0.25, 0.3) is 0 Å². The summed E-state index contributed by atoms with van der Waals surface area (Å²) >= 11 is 0. The predicted octanol–water partition coefficient (Wildman–Crippen LogP) is 2.75. The molecule has 0 aromatic carbocycles. The molecule has 0 saturated heterocycles. The molecule has 2 rings (SSSR count). The van der Waals surface area contributed by atoms with Crippen molar-refractivity contribution < 1.29 is 13.2 Å². The number of pyridine rings is 1. The Morgan fingerprint density at radius 1 is 1.32 bits per heavy atom. The number of halogens is 3. The van der Waals surface area contributed by atoms with E-state index < -0.39 is 11.9 Å². The molecule has 19 heavy (non-hydrogen) atoms. The summed E-state index contributed by atoms with van der Waals surface area (Å²) in [7, 11) is 1.79. The van der Waals surface area contributed by atoms with Crippen molar-refractivity contribution >= 4 is 5.82 Å². The van der Waals surface area contributed by atoms with E-state index >= 15 is 0 Å². The van der Waals surface area contributed by atoms with Crippen molar-refractivity contribution in [2.75, 3.05) is 5.32 Å². The van der Waals surface area contributed by atoms with Crippen LogP contribution >= 0.6 is 0 Å². The van der Waals surface area contributed by atoms with Crippen LogP contribution in [0.3, 0.4) is 0 Å². The van der Waals surface area contributed by atoms with Crippen LogP contribution in [0.4, 0.5) is 19.0 Å². The fourth-order valence-corrected chi connectivity index (χ4v) is 1.70. The Labute approximate surface area is 108 Å². The fourth-order valence-electron chi connectivity index (χ4n) is 1.70. The Morgan fingerprint density at radius 2 is 2.05 bits per heavy atom. The number of nitrogens with one attached hydrogen (secondary N) is 1. The first kappa shape index (κ1) is 13.4. The van der Waals surface area contributed by atoms with E-state index in [1.165, 1.54) is 12.1 Å². The number of aryl methyl sites for hydroxylation is 2. The van der Waals surface area contributed by atoms with Crippen molar-refractivity contribution in [3.05, 3.63) is 41.3 Å². The van der Waals surface area contributed by atoms with Gasteiger partial charge in [-0.2, -0.15) is 18.3 Å². The van der Waals surface area contributed by atoms with Crippen molar-refractivity contribution in [2.24, 2.45) is 7.05 Å². The van der Waals surface area contributed by atoms with Gasteiger partial charge >= 0.3 is 6.18 Å². The van der Waals surface area contributed by atoms with E-state index in [-0.39, 0.29) is 5.82 Å². The van der Waals surface area contributed by atoms with Gasteiger partial charge in [0.15, 0.2) is 0 Å². The fraction of sp³-hybridized carbons (Fsp3) is 0.333. The number of hydrogen-bond acceptors (Lipinski definition) is 3. The largest absolute Gasteiger partial charge is 0.433 e. The molecule has 7 heteroatoms. The van der Waals surface area contributed by atoms with E-state index in [0.717, 1.165) is 17.3 Å². The van der Waals surface area contributed by atoms with Crippen molar-refractivity contribution in [3.63, 3.8) is 0 Å². The monoisotopic (exact) mass is 270 g/mol. The van der Waals surface area contributed by atoms with Crippen LogP contribution in [0.15, 0.2) is 24.4 Å². The molecule has 0 bridgehead atoms. The molecule has 0 aliphatic heterocycles. The maximum atomic E-state index is 12.5. The molecule has 0 radical (unpaired) electrons. The number of anilines is 1. The number of hydrogen-bond donors (Lipinski definition) is 1. The van der Waals surface area contributed by atoms with E-state index in [1.807, 2.05) is 13.1 Å². The minimum Gasteiger partial charge on any atom is -0.366 e. The number of nitrogens with zero attached hydrogens (tertiary/aromatic N) is 3. The zero-order chi connectivity index (χ0) is 14.0. The normalized spacial score (nSPS) is 11.6. The zero-order valence-corrected chi connectivity index (χ0v) is 10.5. The van der Waals surface area contributed by atoms with Gasteiger partial charge < -0.3 is 5.32 Å². The lowest BCUT2D eigenvalue weighted by Gasteiger charge is -2.09. The Bertz CT molecular complexity index is 575. The number of rotatable bonds is 3. The summed E-state index contributed by atoms with van der Waals surface area (Å²) in [5.74, 6) is 0.193. The maximum Gasteiger partial charge on any atom is 0.433 e. The second kappa shape index (κ2) is 4.91. The standard InChI is InChI=1S/C12H13F3N4/c1-8-9(7-19(2)18-8)6-16-11-5-3-4-10(17-11)12(13,14)15/h3-5,7H,6H2,1-2H3,(H,16,17). The second-order valence-corrected chi connectivity index (χ2v) is 4.17. The average molecular weight is 270 g/mol. The van der Waals surface area contributed by atoms with Crippen molar-refractivity contribution in [3.8, 4) is 0 Å². The summed E-state index contributed by atoms with van der Waals surface area (Å²) < 4.78 is 39.1. The van der Waals surface area contributed by atoms with E-state index in [9.17, 15) is 13.2 Å². The van der Waals surface area contributed by atoms with Gasteiger partial charge in [0.05, 0.1) is 5.69 Å². The van der Waals surface area contributed by atoms with Crippen molar-refractivity contribution in [1.82, 2.24) is 14.8 Å². The van der Waals surface area contributed by atoms with Gasteiger partial charge in [0, 0.05) is 25.4 Å². The minimum absolute atomic E-state index is 0.193. The zero-order valence-electron chi connectivity index (χ0n) is 10.5. The Balaban J connectivity index is 2.10. The molecule has 4 nitrogen and oxygen atoms in total. The first-order valence-corrected chi connectivity index (χ1v) is 5.63. The molecule has 0 fully saturated rings. The van der Waals surface area contributed by atoms with Gasteiger partial charge in [-0.05, 0) is 19.1 Å². The molecule has 102 valence electrons. The first-order valence-electron chi connectivity index (χ1n) is 5.63. The Hall–Kier alpha value is -2.05. The van der Waals surface area contributed by atoms with E-state index in [0.29, 0.717) is 6.54 Å². The topological polar surface area (TPSA) is 42.7 Å². The molecule has 0 spiro atoms. The van der Waals surface area contributed by atoms with Gasteiger partial charge in [0.1, 0.15) is 11.5 Å². The second-order valence-electron chi connectivity index (χ2n) is 4.17. The first-order chi connectivity index (χ1) is 8.86. The highest BCUT2D eigenvalue weighted by Crippen LogP contribution is 2.28. The highest BCUT2D eigenvalue weighted by Gasteiger charge is 2.32. The highest BCUT2D eigenvalue weighted by molar-refractivity contribution is 5.37. The lowest BCUT2D eigenvalue weighted by atomic mass is 10.2. The van der Waals surface area contributed by atoms with E-state index in [4.69, 9.17) is 0 Å². The van der Waals surface area contributed by atoms with Gasteiger partial charge in [0.2, 0.25) is 0 Å². The van der Waals surface area contributed by atoms with Gasteiger partial charge in [-0.3, -0.25) is 4.68 Å². The summed E-state index contributed by atoms with van der Waals surface area (Å²) in [6.45, 7) is 2.23. The summed E-state index contributed by atoms with van der Waals surface area (Å²) in [5, 5.41) is 7.02. The molecule has 0 aliphatic rings. The summed E-state index contributed by atoms with van der Waals surface area (Å²) in [6.07, 6.45) is -2.61. The van der Waals surface area contributed by atoms with E-state index in [1.54, 1.807) is 11.7 Å². The summed E-state index contributed by atoms with van der Waals surface area (Å²) in [5.41, 5.74) is 0.851. The Morgan fingerprint density at radius 3 is 2.63 bits per heavy atom. The molecule has 0 amide bonds. The summed E-state index contributed by atoms with van der Waals surface area (Å²) in [6, 6.07) is 3.77. The third-order valence-corrected chi connectivity index (χ3v) is 2.61. The average Bonchev–Trinajstić information content (AvgIpc) is 2.64. The third kappa shape index (κ3) is 3.24. The number of alkyl halides is 3. The molecule has 0 aliphatic carbocycles. The van der Waals surface area contributed by atoms with Gasteiger partial charge in [-0.15, -0.1) is 0 Å². The molecular formula is C12H13F3N4. The van der Waals surface area contributed by atoms with Crippen molar-refractivity contribution in [2.45, 2.75) is 19.6 Å². The van der Waals surface area contributed by atoms with Crippen LogP contribution in [0.1, 0.15) is 17.0 Å². The Kier molecular flexibility index (Phi) is 3.46. The van der Waals surface area contributed by atoms with Crippen LogP contribution < -0.4 is 5.32 Å². The van der Waals surface area contributed by atoms with Crippen LogP contribution in [0.2, 0.25) is 0 Å². The predicted molar refractivity (Wildman–Crippen MR) is 64.5 cm³/mol. The van der Waals surface area contributed by atoms with Crippen LogP contribution in [0.5, 0.6) is 0 Å².